The van der Waals surface area contributed by atoms with Crippen molar-refractivity contribution < 1.29 is 14.0 Å². The van der Waals surface area contributed by atoms with Gasteiger partial charge in [-0.05, 0) is 37.1 Å². The smallest absolute Gasteiger partial charge is 0.260 e. The Morgan fingerprint density at radius 1 is 1.32 bits per heavy atom. The zero-order chi connectivity index (χ0) is 20.1. The molecule has 146 valence electrons. The minimum Gasteiger partial charge on any atom is -0.469 e. The summed E-state index contributed by atoms with van der Waals surface area (Å²) < 4.78 is 5.13. The predicted molar refractivity (Wildman–Crippen MR) is 110 cm³/mol. The molecule has 28 heavy (non-hydrogen) atoms. The molecule has 2 N–H and O–H groups in total. The van der Waals surface area contributed by atoms with Crippen LogP contribution in [-0.4, -0.2) is 16.8 Å². The molecular weight excluding hydrogens is 398 g/mol. The molecule has 0 radical (unpaired) electrons. The first-order chi connectivity index (χ1) is 13.5. The van der Waals surface area contributed by atoms with E-state index < -0.39 is 0 Å². The second-order valence-electron chi connectivity index (χ2n) is 6.25. The third-order valence-electron chi connectivity index (χ3n) is 4.21. The molecule has 0 fully saturated rings. The van der Waals surface area contributed by atoms with Crippen molar-refractivity contribution in [2.24, 2.45) is 0 Å². The number of rotatable bonds is 7. The lowest BCUT2D eigenvalue weighted by molar-refractivity contribution is -0.121. The fourth-order valence-electron chi connectivity index (χ4n) is 2.78. The highest BCUT2D eigenvalue weighted by Crippen LogP contribution is 2.21. The summed E-state index contributed by atoms with van der Waals surface area (Å²) >= 11 is 7.32. The molecule has 1 aromatic carbocycles. The van der Waals surface area contributed by atoms with E-state index in [1.54, 1.807) is 24.4 Å². The fraction of sp³-hybridized carbons (Fsp3) is 0.250. The number of aryl methyl sites for hydroxylation is 1. The largest absolute Gasteiger partial charge is 0.469 e. The molecule has 1 atom stereocenters. The topological polar surface area (TPSA) is 84.2 Å². The lowest BCUT2D eigenvalue weighted by Crippen LogP contribution is -2.29. The Balaban J connectivity index is 1.59. The van der Waals surface area contributed by atoms with Crippen LogP contribution in [0.4, 0.5) is 5.13 Å². The molecule has 2 amide bonds. The highest BCUT2D eigenvalue weighted by molar-refractivity contribution is 7.14. The number of benzene rings is 1. The average Bonchev–Trinajstić information content (AvgIpc) is 3.28. The zero-order valence-corrected chi connectivity index (χ0v) is 17.1. The van der Waals surface area contributed by atoms with Crippen molar-refractivity contribution in [2.75, 3.05) is 5.32 Å². The second kappa shape index (κ2) is 9.03. The van der Waals surface area contributed by atoms with E-state index in [-0.39, 0.29) is 24.3 Å². The van der Waals surface area contributed by atoms with Crippen molar-refractivity contribution in [1.82, 2.24) is 10.3 Å². The van der Waals surface area contributed by atoms with E-state index in [9.17, 15) is 9.59 Å². The number of nitrogens with one attached hydrogen (secondary N) is 2. The van der Waals surface area contributed by atoms with Crippen LogP contribution in [0.1, 0.15) is 46.8 Å². The van der Waals surface area contributed by atoms with Gasteiger partial charge in [0.1, 0.15) is 5.76 Å². The van der Waals surface area contributed by atoms with Crippen LogP contribution in [-0.2, 0) is 11.2 Å². The second-order valence-corrected chi connectivity index (χ2v) is 7.54. The van der Waals surface area contributed by atoms with Gasteiger partial charge >= 0.3 is 0 Å². The Bertz CT molecular complexity index is 982. The maximum Gasteiger partial charge on any atom is 0.260 e. The molecule has 8 heteroatoms. The van der Waals surface area contributed by atoms with Gasteiger partial charge in [-0.3, -0.25) is 14.9 Å². The number of anilines is 1. The Kier molecular flexibility index (Phi) is 6.49. The first-order valence-electron chi connectivity index (χ1n) is 8.81. The van der Waals surface area contributed by atoms with E-state index in [1.165, 1.54) is 17.6 Å². The summed E-state index contributed by atoms with van der Waals surface area (Å²) in [5, 5.41) is 8.57. The standard InChI is InChI=1S/C20H20ClN3O3S/c1-3-17(13-5-4-6-14(21)9-13)23-18(25)10-15-11-28-20(22-15)24-19(26)16-7-8-27-12(16)2/h4-9,11,17H,3,10H2,1-2H3,(H,23,25)(H,22,24,26). The van der Waals surface area contributed by atoms with Gasteiger partial charge in [0.25, 0.3) is 5.91 Å². The van der Waals surface area contributed by atoms with Crippen molar-refractivity contribution in [3.8, 4) is 0 Å². The molecule has 3 aromatic rings. The Hall–Kier alpha value is -2.64. The maximum absolute atomic E-state index is 12.4. The number of halogens is 1. The number of amides is 2. The lowest BCUT2D eigenvalue weighted by atomic mass is 10.0. The van der Waals surface area contributed by atoms with E-state index in [0.717, 1.165) is 12.0 Å². The molecule has 0 saturated heterocycles. The number of carbonyl (C=O) groups excluding carboxylic acids is 2. The summed E-state index contributed by atoms with van der Waals surface area (Å²) in [6.45, 7) is 3.72. The number of aromatic nitrogens is 1. The van der Waals surface area contributed by atoms with Gasteiger partial charge in [-0.1, -0.05) is 30.7 Å². The number of furan rings is 1. The molecular formula is C20H20ClN3O3S. The quantitative estimate of drug-likeness (QED) is 0.580. The number of hydrogen-bond donors (Lipinski definition) is 2. The molecule has 2 aromatic heterocycles. The third-order valence-corrected chi connectivity index (χ3v) is 5.25. The summed E-state index contributed by atoms with van der Waals surface area (Å²) in [5.74, 6) is 0.115. The van der Waals surface area contributed by atoms with Gasteiger partial charge in [-0.25, -0.2) is 4.98 Å². The van der Waals surface area contributed by atoms with E-state index in [2.05, 4.69) is 15.6 Å². The van der Waals surface area contributed by atoms with Crippen molar-refractivity contribution in [3.63, 3.8) is 0 Å². The molecule has 0 aliphatic heterocycles. The van der Waals surface area contributed by atoms with Crippen LogP contribution in [0.15, 0.2) is 46.4 Å². The summed E-state index contributed by atoms with van der Waals surface area (Å²) in [6, 6.07) is 8.94. The van der Waals surface area contributed by atoms with E-state index in [4.69, 9.17) is 16.0 Å². The van der Waals surface area contributed by atoms with Crippen LogP contribution in [0.3, 0.4) is 0 Å². The minimum atomic E-state index is -0.288. The number of thiazole rings is 1. The van der Waals surface area contributed by atoms with Gasteiger partial charge in [-0.2, -0.15) is 0 Å². The molecule has 1 unspecified atom stereocenters. The molecule has 3 rings (SSSR count). The first-order valence-corrected chi connectivity index (χ1v) is 10.1. The van der Waals surface area contributed by atoms with Crippen LogP contribution in [0.25, 0.3) is 0 Å². The monoisotopic (exact) mass is 417 g/mol. The minimum absolute atomic E-state index is 0.118. The Morgan fingerprint density at radius 2 is 2.14 bits per heavy atom. The van der Waals surface area contributed by atoms with Gasteiger partial charge in [-0.15, -0.1) is 11.3 Å². The first kappa shape index (κ1) is 20.1. The fourth-order valence-corrected chi connectivity index (χ4v) is 3.69. The van der Waals surface area contributed by atoms with E-state index >= 15 is 0 Å². The normalized spacial score (nSPS) is 11.8. The summed E-state index contributed by atoms with van der Waals surface area (Å²) in [4.78, 5) is 28.9. The van der Waals surface area contributed by atoms with Crippen LogP contribution in [0.5, 0.6) is 0 Å². The van der Waals surface area contributed by atoms with Crippen LogP contribution < -0.4 is 10.6 Å². The molecule has 0 aliphatic rings. The SMILES string of the molecule is CCC(NC(=O)Cc1csc(NC(=O)c2ccoc2C)n1)c1cccc(Cl)c1. The molecule has 2 heterocycles. The van der Waals surface area contributed by atoms with Crippen LogP contribution in [0, 0.1) is 6.92 Å². The summed E-state index contributed by atoms with van der Waals surface area (Å²) in [6.07, 6.45) is 2.34. The zero-order valence-electron chi connectivity index (χ0n) is 15.5. The Labute approximate surface area is 171 Å². The van der Waals surface area contributed by atoms with E-state index in [0.29, 0.717) is 27.2 Å². The molecule has 0 spiro atoms. The molecule has 0 saturated carbocycles. The van der Waals surface area contributed by atoms with Crippen LogP contribution >= 0.6 is 22.9 Å². The Morgan fingerprint density at radius 3 is 2.82 bits per heavy atom. The van der Waals surface area contributed by atoms with E-state index in [1.807, 2.05) is 25.1 Å². The number of nitrogens with zero attached hydrogens (tertiary/aromatic N) is 1. The molecule has 0 bridgehead atoms. The average molecular weight is 418 g/mol. The maximum atomic E-state index is 12.4. The summed E-state index contributed by atoms with van der Waals surface area (Å²) in [7, 11) is 0. The highest BCUT2D eigenvalue weighted by Gasteiger charge is 2.16. The van der Waals surface area contributed by atoms with Gasteiger partial charge in [0.2, 0.25) is 5.91 Å². The van der Waals surface area contributed by atoms with Crippen molar-refractivity contribution in [2.45, 2.75) is 32.7 Å². The third kappa shape index (κ3) is 4.99. The van der Waals surface area contributed by atoms with Crippen molar-refractivity contribution >= 4 is 39.9 Å². The van der Waals surface area contributed by atoms with Crippen molar-refractivity contribution in [1.29, 1.82) is 0 Å². The van der Waals surface area contributed by atoms with Gasteiger partial charge < -0.3 is 9.73 Å². The van der Waals surface area contributed by atoms with Gasteiger partial charge in [0.05, 0.1) is 30.0 Å². The van der Waals surface area contributed by atoms with Crippen molar-refractivity contribution in [3.05, 3.63) is 69.6 Å². The molecule has 6 nitrogen and oxygen atoms in total. The summed E-state index contributed by atoms with van der Waals surface area (Å²) in [5.41, 5.74) is 2.02. The van der Waals surface area contributed by atoms with Crippen LogP contribution in [0.2, 0.25) is 5.02 Å². The van der Waals surface area contributed by atoms with Gasteiger partial charge in [0, 0.05) is 10.4 Å². The number of hydrogen-bond acceptors (Lipinski definition) is 5. The lowest BCUT2D eigenvalue weighted by Gasteiger charge is -2.17. The number of carbonyl (C=O) groups is 2. The highest BCUT2D eigenvalue weighted by atomic mass is 35.5. The van der Waals surface area contributed by atoms with Gasteiger partial charge in [0.15, 0.2) is 5.13 Å². The predicted octanol–water partition coefficient (Wildman–Crippen LogP) is 4.76. The molecule has 0 aliphatic carbocycles.